The fourth-order valence-electron chi connectivity index (χ4n) is 1.65. The van der Waals surface area contributed by atoms with E-state index in [0.717, 1.165) is 18.0 Å². The molecule has 3 heteroatoms. The third kappa shape index (κ3) is 4.65. The predicted octanol–water partition coefficient (Wildman–Crippen LogP) is 2.03. The van der Waals surface area contributed by atoms with E-state index < -0.39 is 0 Å². The normalized spacial score (nSPS) is 13.1. The molecule has 0 aliphatic heterocycles. The number of rotatable bonds is 5. The van der Waals surface area contributed by atoms with Crippen LogP contribution in [-0.4, -0.2) is 38.6 Å². The van der Waals surface area contributed by atoms with E-state index >= 15 is 0 Å². The molecular weight excluding hydrogens is 208 g/mol. The molecule has 0 aromatic heterocycles. The second-order valence-corrected chi connectivity index (χ2v) is 4.52. The van der Waals surface area contributed by atoms with Gasteiger partial charge in [-0.25, -0.2) is 0 Å². The lowest BCUT2D eigenvalue weighted by Gasteiger charge is -2.20. The minimum Gasteiger partial charge on any atom is -0.315 e. The third-order valence-electron chi connectivity index (χ3n) is 2.36. The molecule has 1 aromatic rings. The van der Waals surface area contributed by atoms with Crippen molar-refractivity contribution in [3.63, 3.8) is 0 Å². The van der Waals surface area contributed by atoms with Crippen LogP contribution in [-0.2, 0) is 6.42 Å². The van der Waals surface area contributed by atoms with Gasteiger partial charge in [-0.15, -0.1) is 0 Å². The molecule has 1 aromatic carbocycles. The fraction of sp³-hybridized carbons (Fsp3) is 0.500. The van der Waals surface area contributed by atoms with Gasteiger partial charge in [0.05, 0.1) is 0 Å². The minimum atomic E-state index is 0.471. The van der Waals surface area contributed by atoms with Gasteiger partial charge in [0.15, 0.2) is 0 Å². The summed E-state index contributed by atoms with van der Waals surface area (Å²) in [6, 6.07) is 8.53. The Balaban J connectivity index is 2.58. The zero-order valence-electron chi connectivity index (χ0n) is 9.63. The second-order valence-electron chi connectivity index (χ2n) is 4.08. The molecule has 1 N–H and O–H groups in total. The summed E-state index contributed by atoms with van der Waals surface area (Å²) in [5, 5.41) is 4.13. The average molecular weight is 227 g/mol. The number of nitrogens with zero attached hydrogens (tertiary/aromatic N) is 1. The van der Waals surface area contributed by atoms with Crippen molar-refractivity contribution in [1.82, 2.24) is 10.2 Å². The maximum Gasteiger partial charge on any atom is 0.0408 e. The first-order chi connectivity index (χ1) is 7.11. The lowest BCUT2D eigenvalue weighted by atomic mass is 10.1. The van der Waals surface area contributed by atoms with Crippen LogP contribution in [0.1, 0.15) is 5.56 Å². The number of halogens is 1. The van der Waals surface area contributed by atoms with Crippen molar-refractivity contribution in [3.8, 4) is 0 Å². The van der Waals surface area contributed by atoms with E-state index in [4.69, 9.17) is 11.6 Å². The molecule has 1 rings (SSSR count). The Morgan fingerprint density at radius 3 is 2.67 bits per heavy atom. The Kier molecular flexibility index (Phi) is 5.09. The van der Waals surface area contributed by atoms with Crippen molar-refractivity contribution >= 4 is 11.6 Å². The molecule has 2 nitrogen and oxygen atoms in total. The van der Waals surface area contributed by atoms with Crippen molar-refractivity contribution < 1.29 is 0 Å². The van der Waals surface area contributed by atoms with Gasteiger partial charge < -0.3 is 10.2 Å². The largest absolute Gasteiger partial charge is 0.315 e. The maximum absolute atomic E-state index is 5.95. The van der Waals surface area contributed by atoms with Crippen LogP contribution in [0.3, 0.4) is 0 Å². The molecule has 0 bridgehead atoms. The van der Waals surface area contributed by atoms with Crippen LogP contribution in [0.2, 0.25) is 5.02 Å². The van der Waals surface area contributed by atoms with Crippen molar-refractivity contribution in [1.29, 1.82) is 0 Å². The number of nitrogens with one attached hydrogen (secondary N) is 1. The molecule has 0 aliphatic rings. The zero-order valence-corrected chi connectivity index (χ0v) is 10.4. The van der Waals surface area contributed by atoms with Gasteiger partial charge in [0.1, 0.15) is 0 Å². The van der Waals surface area contributed by atoms with E-state index in [9.17, 15) is 0 Å². The van der Waals surface area contributed by atoms with Gasteiger partial charge in [-0.3, -0.25) is 0 Å². The number of benzene rings is 1. The van der Waals surface area contributed by atoms with Gasteiger partial charge in [0, 0.05) is 17.6 Å². The molecule has 0 saturated heterocycles. The van der Waals surface area contributed by atoms with Gasteiger partial charge in [0.2, 0.25) is 0 Å². The van der Waals surface area contributed by atoms with Crippen LogP contribution in [0.15, 0.2) is 24.3 Å². The minimum absolute atomic E-state index is 0.471. The standard InChI is InChI=1S/C12H19ClN2/c1-14-12(9-15(2)3)8-10-5-4-6-11(13)7-10/h4-7,12,14H,8-9H2,1-3H3. The Hall–Kier alpha value is -0.570. The molecule has 0 aliphatic carbocycles. The second kappa shape index (κ2) is 6.11. The lowest BCUT2D eigenvalue weighted by molar-refractivity contribution is 0.346. The van der Waals surface area contributed by atoms with E-state index in [1.54, 1.807) is 0 Å². The summed E-state index contributed by atoms with van der Waals surface area (Å²) >= 11 is 5.95. The van der Waals surface area contributed by atoms with Gasteiger partial charge in [-0.05, 0) is 45.3 Å². The highest BCUT2D eigenvalue weighted by Gasteiger charge is 2.08. The van der Waals surface area contributed by atoms with Crippen LogP contribution in [0.4, 0.5) is 0 Å². The lowest BCUT2D eigenvalue weighted by Crippen LogP contribution is -2.37. The molecular formula is C12H19ClN2. The summed E-state index contributed by atoms with van der Waals surface area (Å²) in [7, 11) is 6.17. The van der Waals surface area contributed by atoms with Crippen LogP contribution in [0, 0.1) is 0 Å². The molecule has 15 heavy (non-hydrogen) atoms. The highest BCUT2D eigenvalue weighted by molar-refractivity contribution is 6.30. The summed E-state index contributed by atoms with van der Waals surface area (Å²) < 4.78 is 0. The van der Waals surface area contributed by atoms with Gasteiger partial charge in [-0.1, -0.05) is 23.7 Å². The quantitative estimate of drug-likeness (QED) is 0.827. The summed E-state index contributed by atoms with van der Waals surface area (Å²) in [5.74, 6) is 0. The molecule has 0 radical (unpaired) electrons. The SMILES string of the molecule is CNC(Cc1cccc(Cl)c1)CN(C)C. The highest BCUT2D eigenvalue weighted by atomic mass is 35.5. The monoisotopic (exact) mass is 226 g/mol. The number of likely N-dealkylation sites (N-methyl/N-ethyl adjacent to an activating group) is 2. The fourth-order valence-corrected chi connectivity index (χ4v) is 1.86. The first-order valence-corrected chi connectivity index (χ1v) is 5.56. The molecule has 1 atom stereocenters. The average Bonchev–Trinajstić information content (AvgIpc) is 2.16. The Morgan fingerprint density at radius 2 is 2.13 bits per heavy atom. The zero-order chi connectivity index (χ0) is 11.3. The predicted molar refractivity (Wildman–Crippen MR) is 66.6 cm³/mol. The van der Waals surface area contributed by atoms with E-state index in [-0.39, 0.29) is 0 Å². The Labute approximate surface area is 97.2 Å². The first kappa shape index (κ1) is 12.5. The van der Waals surface area contributed by atoms with Crippen molar-refractivity contribution in [3.05, 3.63) is 34.9 Å². The van der Waals surface area contributed by atoms with E-state index in [1.165, 1.54) is 5.56 Å². The van der Waals surface area contributed by atoms with Crippen molar-refractivity contribution in [2.24, 2.45) is 0 Å². The third-order valence-corrected chi connectivity index (χ3v) is 2.60. The molecule has 0 amide bonds. The van der Waals surface area contributed by atoms with E-state index in [2.05, 4.69) is 30.4 Å². The van der Waals surface area contributed by atoms with Crippen LogP contribution in [0.25, 0.3) is 0 Å². The highest BCUT2D eigenvalue weighted by Crippen LogP contribution is 2.12. The summed E-state index contributed by atoms with van der Waals surface area (Å²) in [4.78, 5) is 2.19. The van der Waals surface area contributed by atoms with Gasteiger partial charge >= 0.3 is 0 Å². The van der Waals surface area contributed by atoms with Crippen LogP contribution >= 0.6 is 11.6 Å². The summed E-state index contributed by atoms with van der Waals surface area (Å²) in [6.45, 7) is 1.03. The topological polar surface area (TPSA) is 15.3 Å². The molecule has 0 saturated carbocycles. The Bertz CT molecular complexity index is 299. The van der Waals surface area contributed by atoms with Gasteiger partial charge in [-0.2, -0.15) is 0 Å². The van der Waals surface area contributed by atoms with Crippen molar-refractivity contribution in [2.45, 2.75) is 12.5 Å². The maximum atomic E-state index is 5.95. The Morgan fingerprint density at radius 1 is 1.40 bits per heavy atom. The number of hydrogen-bond acceptors (Lipinski definition) is 2. The van der Waals surface area contributed by atoms with E-state index in [1.807, 2.05) is 25.2 Å². The van der Waals surface area contributed by atoms with E-state index in [0.29, 0.717) is 6.04 Å². The summed E-state index contributed by atoms with van der Waals surface area (Å²) in [6.07, 6.45) is 1.01. The number of hydrogen-bond donors (Lipinski definition) is 1. The molecule has 84 valence electrons. The molecule has 0 spiro atoms. The first-order valence-electron chi connectivity index (χ1n) is 5.18. The molecule has 1 unspecified atom stereocenters. The van der Waals surface area contributed by atoms with Gasteiger partial charge in [0.25, 0.3) is 0 Å². The van der Waals surface area contributed by atoms with Crippen LogP contribution < -0.4 is 5.32 Å². The summed E-state index contributed by atoms with van der Waals surface area (Å²) in [5.41, 5.74) is 1.28. The molecule has 0 fully saturated rings. The van der Waals surface area contributed by atoms with Crippen molar-refractivity contribution in [2.75, 3.05) is 27.7 Å². The van der Waals surface area contributed by atoms with Crippen LogP contribution in [0.5, 0.6) is 0 Å². The molecule has 0 heterocycles. The smallest absolute Gasteiger partial charge is 0.0408 e.